The molecule has 0 saturated carbocycles. The molecule has 0 aromatic carbocycles. The summed E-state index contributed by atoms with van der Waals surface area (Å²) in [4.78, 5) is 29.9. The summed E-state index contributed by atoms with van der Waals surface area (Å²) in [5.41, 5.74) is 0.00385. The predicted molar refractivity (Wildman–Crippen MR) is 81.8 cm³/mol. The van der Waals surface area contributed by atoms with Crippen molar-refractivity contribution in [3.8, 4) is 0 Å². The van der Waals surface area contributed by atoms with Gasteiger partial charge in [-0.1, -0.05) is 26.8 Å². The van der Waals surface area contributed by atoms with Gasteiger partial charge in [0.25, 0.3) is 0 Å². The third-order valence-electron chi connectivity index (χ3n) is 4.93. The van der Waals surface area contributed by atoms with Crippen molar-refractivity contribution in [3.05, 3.63) is 23.9 Å². The molecule has 1 fully saturated rings. The molecule has 0 aliphatic carbocycles. The number of carbonyl (C=O) groups excluding carboxylic acids is 1. The highest BCUT2D eigenvalue weighted by Crippen LogP contribution is 2.48. The van der Waals surface area contributed by atoms with Crippen LogP contribution in [0.1, 0.15) is 39.2 Å². The second-order valence-electron chi connectivity index (χ2n) is 7.25. The van der Waals surface area contributed by atoms with Gasteiger partial charge in [-0.15, -0.1) is 0 Å². The van der Waals surface area contributed by atoms with Crippen LogP contribution in [0.25, 0.3) is 0 Å². The second-order valence-corrected chi connectivity index (χ2v) is 7.25. The molecule has 6 heteroatoms. The Kier molecular flexibility index (Phi) is 3.16. The monoisotopic (exact) mass is 303 g/mol. The van der Waals surface area contributed by atoms with Gasteiger partial charge >= 0.3 is 6.09 Å². The number of rotatable bonds is 0. The fraction of sp³-hybridized carbons (Fsp3) is 0.562. The molecule has 1 spiro atoms. The lowest BCUT2D eigenvalue weighted by atomic mass is 9.66. The average Bonchev–Trinajstić information content (AvgIpc) is 2.71. The highest BCUT2D eigenvalue weighted by molar-refractivity contribution is 6.05. The summed E-state index contributed by atoms with van der Waals surface area (Å²) in [6.45, 7) is 6.41. The van der Waals surface area contributed by atoms with E-state index in [4.69, 9.17) is 0 Å². The molecule has 1 saturated heterocycles. The quantitative estimate of drug-likeness (QED) is 0.771. The fourth-order valence-electron chi connectivity index (χ4n) is 3.70. The SMILES string of the molecule is CC(C)(C)C1CC2(CCN1C(=O)O)C(=O)Nc1ncccc12. The molecule has 2 amide bonds. The smallest absolute Gasteiger partial charge is 0.407 e. The van der Waals surface area contributed by atoms with Crippen molar-refractivity contribution in [2.75, 3.05) is 11.9 Å². The van der Waals surface area contributed by atoms with E-state index in [0.29, 0.717) is 25.2 Å². The third kappa shape index (κ3) is 2.05. The van der Waals surface area contributed by atoms with E-state index >= 15 is 0 Å². The van der Waals surface area contributed by atoms with Gasteiger partial charge in [-0.05, 0) is 24.3 Å². The molecule has 22 heavy (non-hydrogen) atoms. The average molecular weight is 303 g/mol. The van der Waals surface area contributed by atoms with Crippen molar-refractivity contribution < 1.29 is 14.7 Å². The number of hydrogen-bond donors (Lipinski definition) is 2. The standard InChI is InChI=1S/C16H21N3O3/c1-15(2,3)11-9-16(6-8-19(11)14(21)22)10-5-4-7-17-12(10)18-13(16)20/h4-5,7,11H,6,8-9H2,1-3H3,(H,21,22)(H,17,18,20). The first-order chi connectivity index (χ1) is 10.3. The molecule has 2 aliphatic heterocycles. The molecule has 1 aromatic rings. The minimum atomic E-state index is -0.917. The van der Waals surface area contributed by atoms with E-state index in [1.165, 1.54) is 4.90 Å². The molecule has 0 radical (unpaired) electrons. The van der Waals surface area contributed by atoms with E-state index in [-0.39, 0.29) is 17.4 Å². The Morgan fingerprint density at radius 2 is 2.23 bits per heavy atom. The van der Waals surface area contributed by atoms with Gasteiger partial charge in [0.15, 0.2) is 0 Å². The van der Waals surface area contributed by atoms with Crippen LogP contribution in [-0.2, 0) is 10.2 Å². The molecular weight excluding hydrogens is 282 g/mol. The van der Waals surface area contributed by atoms with Crippen LogP contribution in [0.2, 0.25) is 0 Å². The van der Waals surface area contributed by atoms with Crippen molar-refractivity contribution in [1.82, 2.24) is 9.88 Å². The van der Waals surface area contributed by atoms with Crippen LogP contribution >= 0.6 is 0 Å². The summed E-state index contributed by atoms with van der Waals surface area (Å²) < 4.78 is 0. The van der Waals surface area contributed by atoms with Crippen LogP contribution in [0.5, 0.6) is 0 Å². The maximum atomic E-state index is 12.6. The minimum absolute atomic E-state index is 0.0551. The van der Waals surface area contributed by atoms with Gasteiger partial charge in [-0.3, -0.25) is 4.79 Å². The number of carboxylic acid groups (broad SMARTS) is 1. The molecule has 2 N–H and O–H groups in total. The Morgan fingerprint density at radius 1 is 1.50 bits per heavy atom. The molecular formula is C16H21N3O3. The highest BCUT2D eigenvalue weighted by Gasteiger charge is 2.54. The zero-order valence-electron chi connectivity index (χ0n) is 13.1. The van der Waals surface area contributed by atoms with Crippen LogP contribution < -0.4 is 5.32 Å². The first kappa shape index (κ1) is 14.8. The maximum absolute atomic E-state index is 12.6. The lowest BCUT2D eigenvalue weighted by Gasteiger charge is -2.47. The zero-order chi connectivity index (χ0) is 16.1. The number of carbonyl (C=O) groups is 2. The second kappa shape index (κ2) is 4.69. The summed E-state index contributed by atoms with van der Waals surface area (Å²) in [6.07, 6.45) is 1.73. The molecule has 3 heterocycles. The predicted octanol–water partition coefficient (Wildman–Crippen LogP) is 2.46. The van der Waals surface area contributed by atoms with Gasteiger partial charge in [0.1, 0.15) is 5.82 Å². The van der Waals surface area contributed by atoms with Gasteiger partial charge in [-0.2, -0.15) is 0 Å². The van der Waals surface area contributed by atoms with Gasteiger partial charge in [0.2, 0.25) is 5.91 Å². The van der Waals surface area contributed by atoms with Crippen molar-refractivity contribution >= 4 is 17.8 Å². The van der Waals surface area contributed by atoms with E-state index in [1.807, 2.05) is 32.9 Å². The molecule has 2 atom stereocenters. The largest absolute Gasteiger partial charge is 0.465 e. The number of likely N-dealkylation sites (tertiary alicyclic amines) is 1. The number of nitrogens with zero attached hydrogens (tertiary/aromatic N) is 2. The molecule has 0 bridgehead atoms. The Hall–Kier alpha value is -2.11. The topological polar surface area (TPSA) is 82.5 Å². The van der Waals surface area contributed by atoms with Crippen molar-refractivity contribution in [2.24, 2.45) is 5.41 Å². The van der Waals surface area contributed by atoms with Crippen LogP contribution in [0.15, 0.2) is 18.3 Å². The summed E-state index contributed by atoms with van der Waals surface area (Å²) in [7, 11) is 0. The van der Waals surface area contributed by atoms with Crippen molar-refractivity contribution in [2.45, 2.75) is 45.1 Å². The van der Waals surface area contributed by atoms with E-state index in [0.717, 1.165) is 5.56 Å². The number of pyridine rings is 1. The Morgan fingerprint density at radius 3 is 2.86 bits per heavy atom. The number of nitrogens with one attached hydrogen (secondary N) is 1. The van der Waals surface area contributed by atoms with E-state index in [1.54, 1.807) is 6.20 Å². The highest BCUT2D eigenvalue weighted by atomic mass is 16.4. The van der Waals surface area contributed by atoms with Crippen LogP contribution in [0.3, 0.4) is 0 Å². The van der Waals surface area contributed by atoms with Gasteiger partial charge in [0.05, 0.1) is 5.41 Å². The summed E-state index contributed by atoms with van der Waals surface area (Å²) in [5.74, 6) is 0.560. The fourth-order valence-corrected chi connectivity index (χ4v) is 3.70. The first-order valence-electron chi connectivity index (χ1n) is 7.52. The van der Waals surface area contributed by atoms with Crippen LogP contribution in [0, 0.1) is 5.41 Å². The maximum Gasteiger partial charge on any atom is 0.407 e. The lowest BCUT2D eigenvalue weighted by molar-refractivity contribution is -0.124. The molecule has 1 aromatic heterocycles. The number of piperidine rings is 1. The van der Waals surface area contributed by atoms with Gasteiger partial charge < -0.3 is 15.3 Å². The Bertz CT molecular complexity index is 638. The molecule has 3 rings (SSSR count). The van der Waals surface area contributed by atoms with Gasteiger partial charge in [-0.25, -0.2) is 9.78 Å². The molecule has 2 unspecified atom stereocenters. The number of anilines is 1. The van der Waals surface area contributed by atoms with E-state index < -0.39 is 11.5 Å². The number of fused-ring (bicyclic) bond motifs is 2. The third-order valence-corrected chi connectivity index (χ3v) is 4.93. The van der Waals surface area contributed by atoms with Crippen LogP contribution in [-0.4, -0.2) is 39.6 Å². The van der Waals surface area contributed by atoms with Crippen LogP contribution in [0.4, 0.5) is 10.6 Å². The minimum Gasteiger partial charge on any atom is -0.465 e. The lowest BCUT2D eigenvalue weighted by Crippen LogP contribution is -2.57. The summed E-state index contributed by atoms with van der Waals surface area (Å²) >= 11 is 0. The number of hydrogen-bond acceptors (Lipinski definition) is 3. The van der Waals surface area contributed by atoms with Crippen molar-refractivity contribution in [3.63, 3.8) is 0 Å². The summed E-state index contributed by atoms with van der Waals surface area (Å²) in [5, 5.41) is 12.3. The molecule has 2 aliphatic rings. The number of aromatic nitrogens is 1. The van der Waals surface area contributed by atoms with E-state index in [2.05, 4.69) is 10.3 Å². The Labute approximate surface area is 129 Å². The van der Waals surface area contributed by atoms with Crippen molar-refractivity contribution in [1.29, 1.82) is 0 Å². The summed E-state index contributed by atoms with van der Waals surface area (Å²) in [6, 6.07) is 3.54. The zero-order valence-corrected chi connectivity index (χ0v) is 13.1. The van der Waals surface area contributed by atoms with Gasteiger partial charge in [0, 0.05) is 24.3 Å². The Balaban J connectivity index is 2.04. The molecule has 118 valence electrons. The molecule has 6 nitrogen and oxygen atoms in total. The number of amides is 2. The van der Waals surface area contributed by atoms with E-state index in [9.17, 15) is 14.7 Å². The first-order valence-corrected chi connectivity index (χ1v) is 7.52. The normalized spacial score (nSPS) is 27.7.